The summed E-state index contributed by atoms with van der Waals surface area (Å²) in [4.78, 5) is 39.7. The Morgan fingerprint density at radius 3 is 2.77 bits per heavy atom. The standard InChI is InChI=1S/C21H20N2O6S2/c1-31(27,28)10-15(12-4-5-16-13(8-12)6-7-29-16)23-20(25)14-9-30-19(17(14)21(23)26)22-18(24)11-2-3-11/h4-5,8-9,11,15H,2-3,6-7,10H2,1H3,(H,22,24)/t15-/m1/s1. The summed E-state index contributed by atoms with van der Waals surface area (Å²) in [5, 5.41) is 4.65. The normalized spacial score (nSPS) is 18.5. The number of anilines is 1. The molecule has 0 spiro atoms. The second-order valence-electron chi connectivity index (χ2n) is 8.17. The topological polar surface area (TPSA) is 110 Å². The van der Waals surface area contributed by atoms with Crippen LogP contribution in [0, 0.1) is 5.92 Å². The number of rotatable bonds is 6. The van der Waals surface area contributed by atoms with Gasteiger partial charge in [0.2, 0.25) is 5.91 Å². The van der Waals surface area contributed by atoms with E-state index in [0.717, 1.165) is 46.6 Å². The molecule has 0 radical (unpaired) electrons. The number of thiophene rings is 1. The van der Waals surface area contributed by atoms with Crippen molar-refractivity contribution < 1.29 is 27.5 Å². The molecule has 8 nitrogen and oxygen atoms in total. The number of nitrogens with one attached hydrogen (secondary N) is 1. The lowest BCUT2D eigenvalue weighted by molar-refractivity contribution is -0.117. The molecule has 0 saturated heterocycles. The third kappa shape index (κ3) is 3.63. The number of hydrogen-bond acceptors (Lipinski definition) is 7. The van der Waals surface area contributed by atoms with Gasteiger partial charge in [0.05, 0.1) is 29.5 Å². The number of nitrogens with zero attached hydrogens (tertiary/aromatic N) is 1. The first-order valence-corrected chi connectivity index (χ1v) is 12.9. The molecule has 3 aliphatic rings. The molecule has 0 unspecified atom stereocenters. The fourth-order valence-corrected chi connectivity index (χ4v) is 5.87. The lowest BCUT2D eigenvalue weighted by atomic mass is 10.0. The Kier molecular flexibility index (Phi) is 4.67. The molecule has 10 heteroatoms. The molecular formula is C21H20N2O6S2. The van der Waals surface area contributed by atoms with Crippen LogP contribution in [0.5, 0.6) is 5.75 Å². The van der Waals surface area contributed by atoms with Crippen molar-refractivity contribution in [2.75, 3.05) is 23.9 Å². The fourth-order valence-electron chi connectivity index (χ4n) is 4.03. The Morgan fingerprint density at radius 2 is 2.06 bits per heavy atom. The molecule has 5 rings (SSSR count). The highest BCUT2D eigenvalue weighted by molar-refractivity contribution is 7.90. The van der Waals surface area contributed by atoms with Crippen LogP contribution >= 0.6 is 11.3 Å². The van der Waals surface area contributed by atoms with E-state index in [2.05, 4.69) is 5.32 Å². The zero-order valence-electron chi connectivity index (χ0n) is 16.7. The third-order valence-corrected chi connectivity index (χ3v) is 7.55. The number of ether oxygens (including phenoxy) is 1. The summed E-state index contributed by atoms with van der Waals surface area (Å²) in [5.41, 5.74) is 1.83. The van der Waals surface area contributed by atoms with E-state index in [1.807, 2.05) is 0 Å². The zero-order chi connectivity index (χ0) is 21.9. The van der Waals surface area contributed by atoms with Gasteiger partial charge in [-0.05, 0) is 36.1 Å². The van der Waals surface area contributed by atoms with Crippen molar-refractivity contribution in [3.8, 4) is 5.75 Å². The van der Waals surface area contributed by atoms with Crippen LogP contribution in [0.25, 0.3) is 0 Å². The molecule has 162 valence electrons. The van der Waals surface area contributed by atoms with Crippen molar-refractivity contribution in [3.05, 3.63) is 45.8 Å². The number of carbonyl (C=O) groups excluding carboxylic acids is 3. The van der Waals surface area contributed by atoms with Crippen LogP contribution in [0.3, 0.4) is 0 Å². The summed E-state index contributed by atoms with van der Waals surface area (Å²) in [6, 6.07) is 4.28. The van der Waals surface area contributed by atoms with Gasteiger partial charge in [-0.1, -0.05) is 6.07 Å². The predicted molar refractivity (Wildman–Crippen MR) is 114 cm³/mol. The average Bonchev–Trinajstić information content (AvgIpc) is 3.23. The Labute approximate surface area is 183 Å². The fraction of sp³-hybridized carbons (Fsp3) is 0.381. The minimum atomic E-state index is -3.52. The van der Waals surface area contributed by atoms with Gasteiger partial charge in [0.1, 0.15) is 20.6 Å². The van der Waals surface area contributed by atoms with Gasteiger partial charge in [-0.2, -0.15) is 0 Å². The molecule has 1 aromatic carbocycles. The van der Waals surface area contributed by atoms with Crippen LogP contribution in [0.2, 0.25) is 0 Å². The van der Waals surface area contributed by atoms with Gasteiger partial charge in [-0.15, -0.1) is 11.3 Å². The molecule has 3 amide bonds. The molecule has 2 aliphatic heterocycles. The first-order chi connectivity index (χ1) is 14.7. The molecule has 1 fully saturated rings. The van der Waals surface area contributed by atoms with E-state index in [0.29, 0.717) is 23.6 Å². The molecule has 2 aromatic rings. The average molecular weight is 461 g/mol. The van der Waals surface area contributed by atoms with Crippen molar-refractivity contribution in [1.29, 1.82) is 0 Å². The summed E-state index contributed by atoms with van der Waals surface area (Å²) in [6.07, 6.45) is 3.40. The van der Waals surface area contributed by atoms with Crippen LogP contribution in [-0.2, 0) is 21.1 Å². The third-order valence-electron chi connectivity index (χ3n) is 5.73. The van der Waals surface area contributed by atoms with Gasteiger partial charge >= 0.3 is 0 Å². The summed E-state index contributed by atoms with van der Waals surface area (Å²) < 4.78 is 29.9. The molecule has 31 heavy (non-hydrogen) atoms. The molecular weight excluding hydrogens is 440 g/mol. The first kappa shape index (κ1) is 20.2. The Hall–Kier alpha value is -2.72. The van der Waals surface area contributed by atoms with Crippen molar-refractivity contribution in [3.63, 3.8) is 0 Å². The highest BCUT2D eigenvalue weighted by Crippen LogP contribution is 2.41. The Morgan fingerprint density at radius 1 is 1.29 bits per heavy atom. The smallest absolute Gasteiger partial charge is 0.265 e. The van der Waals surface area contributed by atoms with E-state index < -0.39 is 27.7 Å². The largest absolute Gasteiger partial charge is 0.493 e. The number of carbonyl (C=O) groups is 3. The Balaban J connectivity index is 1.52. The van der Waals surface area contributed by atoms with Crippen molar-refractivity contribution in [2.24, 2.45) is 5.92 Å². The van der Waals surface area contributed by atoms with Crippen LogP contribution in [0.1, 0.15) is 50.7 Å². The molecule has 1 saturated carbocycles. The second kappa shape index (κ2) is 7.16. The quantitative estimate of drug-likeness (QED) is 0.663. The van der Waals surface area contributed by atoms with Crippen LogP contribution in [0.4, 0.5) is 5.00 Å². The van der Waals surface area contributed by atoms with E-state index in [-0.39, 0.29) is 28.7 Å². The lowest BCUT2D eigenvalue weighted by Gasteiger charge is -2.26. The molecule has 1 aromatic heterocycles. The molecule has 3 heterocycles. The summed E-state index contributed by atoms with van der Waals surface area (Å²) in [5.74, 6) is -1.000. The van der Waals surface area contributed by atoms with Gasteiger partial charge < -0.3 is 10.1 Å². The van der Waals surface area contributed by atoms with E-state index >= 15 is 0 Å². The van der Waals surface area contributed by atoms with Gasteiger partial charge in [0.25, 0.3) is 11.8 Å². The maximum atomic E-state index is 13.3. The number of benzene rings is 1. The van der Waals surface area contributed by atoms with Crippen molar-refractivity contribution in [2.45, 2.75) is 25.3 Å². The molecule has 0 bridgehead atoms. The van der Waals surface area contributed by atoms with Gasteiger partial charge in [0.15, 0.2) is 0 Å². The number of sulfone groups is 1. The van der Waals surface area contributed by atoms with Crippen molar-refractivity contribution >= 4 is 43.9 Å². The molecule has 1 aliphatic carbocycles. The maximum Gasteiger partial charge on any atom is 0.265 e. The summed E-state index contributed by atoms with van der Waals surface area (Å²) in [6.45, 7) is 0.540. The van der Waals surface area contributed by atoms with E-state index in [9.17, 15) is 22.8 Å². The van der Waals surface area contributed by atoms with Crippen LogP contribution in [0.15, 0.2) is 23.6 Å². The van der Waals surface area contributed by atoms with Gasteiger partial charge in [0, 0.05) is 24.0 Å². The second-order valence-corrected chi connectivity index (χ2v) is 11.2. The minimum absolute atomic E-state index is 0.0484. The van der Waals surface area contributed by atoms with Crippen molar-refractivity contribution in [1.82, 2.24) is 4.90 Å². The Bertz CT molecular complexity index is 1230. The highest BCUT2D eigenvalue weighted by atomic mass is 32.2. The van der Waals surface area contributed by atoms with Crippen LogP contribution < -0.4 is 10.1 Å². The number of imide groups is 1. The summed E-state index contributed by atoms with van der Waals surface area (Å²) >= 11 is 1.14. The van der Waals surface area contributed by atoms with E-state index in [4.69, 9.17) is 4.74 Å². The zero-order valence-corrected chi connectivity index (χ0v) is 18.3. The molecule has 1 atom stereocenters. The van der Waals surface area contributed by atoms with E-state index in [1.54, 1.807) is 23.6 Å². The van der Waals surface area contributed by atoms with Gasteiger partial charge in [-0.3, -0.25) is 19.3 Å². The highest BCUT2D eigenvalue weighted by Gasteiger charge is 2.45. The monoisotopic (exact) mass is 460 g/mol. The van der Waals surface area contributed by atoms with E-state index in [1.165, 1.54) is 0 Å². The minimum Gasteiger partial charge on any atom is -0.493 e. The first-order valence-electron chi connectivity index (χ1n) is 9.96. The number of amides is 3. The number of hydrogen-bond donors (Lipinski definition) is 1. The SMILES string of the molecule is CS(=O)(=O)C[C@H](c1ccc2c(c1)CCO2)N1C(=O)c2csc(NC(=O)C3CC3)c2C1=O. The van der Waals surface area contributed by atoms with Crippen LogP contribution in [-0.4, -0.2) is 49.7 Å². The summed E-state index contributed by atoms with van der Waals surface area (Å²) in [7, 11) is -3.52. The predicted octanol–water partition coefficient (Wildman–Crippen LogP) is 2.41. The van der Waals surface area contributed by atoms with Gasteiger partial charge in [-0.25, -0.2) is 8.42 Å². The molecule has 1 N–H and O–H groups in total. The lowest BCUT2D eigenvalue weighted by Crippen LogP contribution is -2.38. The maximum absolute atomic E-state index is 13.3. The number of fused-ring (bicyclic) bond motifs is 2.